The van der Waals surface area contributed by atoms with Gasteiger partial charge in [0.25, 0.3) is 0 Å². The predicted molar refractivity (Wildman–Crippen MR) is 88.7 cm³/mol. The van der Waals surface area contributed by atoms with Crippen LogP contribution in [0.2, 0.25) is 0 Å². The van der Waals surface area contributed by atoms with Crippen molar-refractivity contribution in [2.75, 3.05) is 17.2 Å². The maximum atomic E-state index is 12.1. The predicted octanol–water partition coefficient (Wildman–Crippen LogP) is 2.66. The number of aliphatic hydroxyl groups is 1. The van der Waals surface area contributed by atoms with Gasteiger partial charge in [0.05, 0.1) is 24.0 Å². The number of nitrogens with one attached hydrogen (secondary N) is 3. The minimum Gasteiger partial charge on any atom is -0.366 e. The summed E-state index contributed by atoms with van der Waals surface area (Å²) in [5.74, 6) is 0. The van der Waals surface area contributed by atoms with Crippen LogP contribution in [0, 0.1) is 0 Å². The van der Waals surface area contributed by atoms with E-state index in [-0.39, 0.29) is 12.1 Å². The molecule has 0 radical (unpaired) electrons. The van der Waals surface area contributed by atoms with Crippen LogP contribution in [0.1, 0.15) is 6.42 Å². The molecule has 0 spiro atoms. The van der Waals surface area contributed by atoms with Crippen molar-refractivity contribution in [3.05, 3.63) is 54.6 Å². The number of ether oxygens (including phenoxy) is 1. The van der Waals surface area contributed by atoms with Crippen LogP contribution in [0.5, 0.6) is 0 Å². The van der Waals surface area contributed by atoms with Gasteiger partial charge in [-0.05, 0) is 30.7 Å². The molecule has 2 aromatic carbocycles. The number of hydrogen-bond donors (Lipinski definition) is 4. The number of hydrogen-bond acceptors (Lipinski definition) is 4. The molecule has 4 N–H and O–H groups in total. The molecule has 1 heterocycles. The van der Waals surface area contributed by atoms with Crippen molar-refractivity contribution in [3.63, 3.8) is 0 Å². The highest BCUT2D eigenvalue weighted by molar-refractivity contribution is 5.93. The molecule has 0 aliphatic carbocycles. The molecule has 0 aromatic heterocycles. The highest BCUT2D eigenvalue weighted by Crippen LogP contribution is 2.25. The van der Waals surface area contributed by atoms with Gasteiger partial charge in [-0.15, -0.1) is 0 Å². The molecule has 6 nitrogen and oxygen atoms in total. The summed E-state index contributed by atoms with van der Waals surface area (Å²) in [5, 5.41) is 18.4. The molecular weight excluding hydrogens is 294 g/mol. The fraction of sp³-hybridized carbons (Fsp3) is 0.235. The fourth-order valence-corrected chi connectivity index (χ4v) is 2.42. The Bertz CT molecular complexity index is 663. The molecule has 120 valence electrons. The molecule has 2 aromatic rings. The zero-order valence-corrected chi connectivity index (χ0v) is 12.5. The number of carbonyl (C=O) groups is 1. The molecule has 2 atom stereocenters. The van der Waals surface area contributed by atoms with Crippen LogP contribution in [-0.2, 0) is 4.74 Å². The maximum absolute atomic E-state index is 12.1. The van der Waals surface area contributed by atoms with E-state index >= 15 is 0 Å². The second-order valence-electron chi connectivity index (χ2n) is 5.29. The average Bonchev–Trinajstić information content (AvgIpc) is 2.95. The SMILES string of the molecule is O=C(Nc1ccccc1Nc1ccccc1)NC1CCOC1O. The van der Waals surface area contributed by atoms with Gasteiger partial charge in [-0.2, -0.15) is 0 Å². The Morgan fingerprint density at radius 3 is 2.43 bits per heavy atom. The Balaban J connectivity index is 1.66. The van der Waals surface area contributed by atoms with Gasteiger partial charge in [-0.3, -0.25) is 0 Å². The van der Waals surface area contributed by atoms with Crippen molar-refractivity contribution in [2.45, 2.75) is 18.8 Å². The van der Waals surface area contributed by atoms with Crippen LogP contribution in [-0.4, -0.2) is 30.1 Å². The average molecular weight is 313 g/mol. The topological polar surface area (TPSA) is 82.6 Å². The normalized spacial score (nSPS) is 20.0. The van der Waals surface area contributed by atoms with Gasteiger partial charge in [0.1, 0.15) is 0 Å². The van der Waals surface area contributed by atoms with Crippen LogP contribution in [0.15, 0.2) is 54.6 Å². The van der Waals surface area contributed by atoms with Crippen molar-refractivity contribution in [1.29, 1.82) is 0 Å². The zero-order valence-electron chi connectivity index (χ0n) is 12.5. The second kappa shape index (κ2) is 7.13. The summed E-state index contributed by atoms with van der Waals surface area (Å²) >= 11 is 0. The van der Waals surface area contributed by atoms with Crippen LogP contribution < -0.4 is 16.0 Å². The second-order valence-corrected chi connectivity index (χ2v) is 5.29. The molecule has 23 heavy (non-hydrogen) atoms. The molecule has 2 amide bonds. The van der Waals surface area contributed by atoms with Gasteiger partial charge >= 0.3 is 6.03 Å². The zero-order chi connectivity index (χ0) is 16.1. The first-order valence-corrected chi connectivity index (χ1v) is 7.50. The van der Waals surface area contributed by atoms with Gasteiger partial charge < -0.3 is 25.8 Å². The van der Waals surface area contributed by atoms with E-state index in [1.54, 1.807) is 0 Å². The first kappa shape index (κ1) is 15.3. The third kappa shape index (κ3) is 4.00. The molecule has 0 bridgehead atoms. The molecule has 1 fully saturated rings. The Labute approximate surface area is 134 Å². The number of anilines is 3. The number of para-hydroxylation sites is 3. The third-order valence-electron chi connectivity index (χ3n) is 3.61. The van der Waals surface area contributed by atoms with Gasteiger partial charge in [0.15, 0.2) is 6.29 Å². The van der Waals surface area contributed by atoms with Crippen molar-refractivity contribution in [1.82, 2.24) is 5.32 Å². The minimum absolute atomic E-state index is 0.373. The fourth-order valence-electron chi connectivity index (χ4n) is 2.42. The summed E-state index contributed by atoms with van der Waals surface area (Å²) in [7, 11) is 0. The van der Waals surface area contributed by atoms with Gasteiger partial charge in [-0.1, -0.05) is 30.3 Å². The lowest BCUT2D eigenvalue weighted by Crippen LogP contribution is -2.42. The Morgan fingerprint density at radius 1 is 1.04 bits per heavy atom. The molecule has 0 saturated carbocycles. The van der Waals surface area contributed by atoms with Crippen LogP contribution in [0.4, 0.5) is 21.9 Å². The number of carbonyl (C=O) groups excluding carboxylic acids is 1. The summed E-state index contributed by atoms with van der Waals surface area (Å²) in [4.78, 5) is 12.1. The largest absolute Gasteiger partial charge is 0.366 e. The molecule has 1 aliphatic heterocycles. The lowest BCUT2D eigenvalue weighted by molar-refractivity contribution is -0.0697. The van der Waals surface area contributed by atoms with Gasteiger partial charge in [0, 0.05) is 5.69 Å². The molecule has 1 saturated heterocycles. The van der Waals surface area contributed by atoms with Crippen LogP contribution in [0.3, 0.4) is 0 Å². The summed E-state index contributed by atoms with van der Waals surface area (Å²) in [6.07, 6.45) is -0.350. The van der Waals surface area contributed by atoms with Crippen molar-refractivity contribution >= 4 is 23.1 Å². The quantitative estimate of drug-likeness (QED) is 0.699. The lowest BCUT2D eigenvalue weighted by Gasteiger charge is -2.17. The number of aliphatic hydroxyl groups excluding tert-OH is 1. The highest BCUT2D eigenvalue weighted by Gasteiger charge is 2.27. The Kier molecular flexibility index (Phi) is 4.75. The molecule has 3 rings (SSSR count). The van der Waals surface area contributed by atoms with Gasteiger partial charge in [0.2, 0.25) is 0 Å². The van der Waals surface area contributed by atoms with E-state index < -0.39 is 6.29 Å². The van der Waals surface area contributed by atoms with Crippen molar-refractivity contribution < 1.29 is 14.6 Å². The maximum Gasteiger partial charge on any atom is 0.319 e. The monoisotopic (exact) mass is 313 g/mol. The van der Waals surface area contributed by atoms with E-state index in [1.807, 2.05) is 54.6 Å². The van der Waals surface area contributed by atoms with Gasteiger partial charge in [-0.25, -0.2) is 4.79 Å². The summed E-state index contributed by atoms with van der Waals surface area (Å²) in [6.45, 7) is 0.443. The van der Waals surface area contributed by atoms with Crippen LogP contribution >= 0.6 is 0 Å². The van der Waals surface area contributed by atoms with E-state index in [0.717, 1.165) is 11.4 Å². The summed E-state index contributed by atoms with van der Waals surface area (Å²) < 4.78 is 5.02. The number of amides is 2. The van der Waals surface area contributed by atoms with E-state index in [1.165, 1.54) is 0 Å². The number of urea groups is 1. The summed E-state index contributed by atoms with van der Waals surface area (Å²) in [5.41, 5.74) is 2.38. The first-order chi connectivity index (χ1) is 11.2. The van der Waals surface area contributed by atoms with Crippen molar-refractivity contribution in [2.24, 2.45) is 0 Å². The molecule has 6 heteroatoms. The van der Waals surface area contributed by atoms with E-state index in [2.05, 4.69) is 16.0 Å². The standard InChI is InChI=1S/C17H19N3O3/c21-16-15(10-11-23-16)20-17(22)19-14-9-5-4-8-13(14)18-12-6-2-1-3-7-12/h1-9,15-16,18,21H,10-11H2,(H2,19,20,22). The smallest absolute Gasteiger partial charge is 0.319 e. The molecular formula is C17H19N3O3. The van der Waals surface area contributed by atoms with E-state index in [4.69, 9.17) is 4.74 Å². The Morgan fingerprint density at radius 2 is 1.74 bits per heavy atom. The first-order valence-electron chi connectivity index (χ1n) is 7.50. The molecule has 1 aliphatic rings. The minimum atomic E-state index is -0.946. The van der Waals surface area contributed by atoms with Crippen LogP contribution in [0.25, 0.3) is 0 Å². The Hall–Kier alpha value is -2.57. The van der Waals surface area contributed by atoms with E-state index in [9.17, 15) is 9.90 Å². The van der Waals surface area contributed by atoms with E-state index in [0.29, 0.717) is 18.7 Å². The van der Waals surface area contributed by atoms with Crippen molar-refractivity contribution in [3.8, 4) is 0 Å². The lowest BCUT2D eigenvalue weighted by atomic mass is 10.2. The molecule has 2 unspecified atom stereocenters. The highest BCUT2D eigenvalue weighted by atomic mass is 16.6. The number of rotatable bonds is 4. The third-order valence-corrected chi connectivity index (χ3v) is 3.61. The summed E-state index contributed by atoms with van der Waals surface area (Å²) in [6, 6.07) is 16.4. The number of benzene rings is 2.